The van der Waals surface area contributed by atoms with E-state index < -0.39 is 18.0 Å². The molecule has 3 N–H and O–H groups in total. The van der Waals surface area contributed by atoms with Gasteiger partial charge in [-0.25, -0.2) is 14.3 Å². The number of aromatic nitrogens is 5. The molecule has 1 atom stereocenters. The van der Waals surface area contributed by atoms with Gasteiger partial charge in [0, 0.05) is 30.7 Å². The van der Waals surface area contributed by atoms with Crippen LogP contribution in [-0.2, 0) is 13.0 Å². The van der Waals surface area contributed by atoms with Crippen molar-refractivity contribution in [2.24, 2.45) is 0 Å². The second kappa shape index (κ2) is 9.03. The molecule has 0 aliphatic carbocycles. The van der Waals surface area contributed by atoms with Crippen molar-refractivity contribution < 1.29 is 18.3 Å². The summed E-state index contributed by atoms with van der Waals surface area (Å²) in [6.07, 6.45) is -4.19. The lowest BCUT2D eigenvalue weighted by Crippen LogP contribution is -2.25. The molecule has 0 amide bonds. The zero-order chi connectivity index (χ0) is 25.6. The number of nitrogens with one attached hydrogen (secondary N) is 2. The van der Waals surface area contributed by atoms with Crippen LogP contribution in [0.15, 0.2) is 47.5 Å². The molecule has 0 radical (unpaired) electrons. The number of halogens is 3. The van der Waals surface area contributed by atoms with Gasteiger partial charge in [0.2, 0.25) is 5.95 Å². The maximum Gasteiger partial charge on any atom is 0.420 e. The van der Waals surface area contributed by atoms with Crippen LogP contribution in [-0.4, -0.2) is 42.1 Å². The second-order valence-electron chi connectivity index (χ2n) is 8.90. The van der Waals surface area contributed by atoms with E-state index in [0.717, 1.165) is 37.5 Å². The minimum atomic E-state index is -4.88. The first kappa shape index (κ1) is 23.9. The van der Waals surface area contributed by atoms with Gasteiger partial charge in [-0.15, -0.1) is 0 Å². The summed E-state index contributed by atoms with van der Waals surface area (Å²) in [7, 11) is 0. The van der Waals surface area contributed by atoms with Crippen molar-refractivity contribution >= 4 is 22.7 Å². The normalized spacial score (nSPS) is 14.8. The summed E-state index contributed by atoms with van der Waals surface area (Å²) in [5.74, 6) is 0.232. The molecule has 188 valence electrons. The molecule has 0 bridgehead atoms. The van der Waals surface area contributed by atoms with Crippen molar-refractivity contribution in [3.8, 4) is 5.69 Å². The number of pyridine rings is 1. The molecule has 0 saturated heterocycles. The molecule has 4 aromatic rings. The molecule has 12 heteroatoms. The number of hydrogen-bond acceptors (Lipinski definition) is 7. The van der Waals surface area contributed by atoms with Crippen LogP contribution in [0.5, 0.6) is 0 Å². The minimum absolute atomic E-state index is 0.204. The number of alkyl halides is 3. The van der Waals surface area contributed by atoms with Gasteiger partial charge in [0.1, 0.15) is 5.39 Å². The van der Waals surface area contributed by atoms with Crippen molar-refractivity contribution in [2.75, 3.05) is 11.9 Å². The van der Waals surface area contributed by atoms with E-state index in [-0.39, 0.29) is 34.3 Å². The Bertz CT molecular complexity index is 1490. The van der Waals surface area contributed by atoms with E-state index in [2.05, 4.69) is 25.6 Å². The molecule has 1 aliphatic rings. The zero-order valence-electron chi connectivity index (χ0n) is 19.5. The Morgan fingerprint density at radius 1 is 1.14 bits per heavy atom. The Kier molecular flexibility index (Phi) is 6.00. The highest BCUT2D eigenvalue weighted by Crippen LogP contribution is 2.32. The third-order valence-electron chi connectivity index (χ3n) is 6.06. The lowest BCUT2D eigenvalue weighted by Gasteiger charge is -2.18. The standard InChI is InChI=1S/C24H24F3N7O2/c1-13(2)33-22(36)18-12-30-23(31-16-4-3-15-11-28-7-5-14(15)9-16)32-21(18)34(33)17-6-8-29-19(10-17)20(35)24(25,26)27/h3-4,6,8-10,12-13,20,28,35H,5,7,11H2,1-2H3,(H,30,31,32). The smallest absolute Gasteiger partial charge is 0.378 e. The number of aliphatic hydroxyl groups is 1. The topological polar surface area (TPSA) is 110 Å². The summed E-state index contributed by atoms with van der Waals surface area (Å²) in [6, 6.07) is 8.18. The van der Waals surface area contributed by atoms with Crippen LogP contribution in [0, 0.1) is 0 Å². The Labute approximate surface area is 203 Å². The first-order chi connectivity index (χ1) is 17.1. The first-order valence-corrected chi connectivity index (χ1v) is 11.4. The second-order valence-corrected chi connectivity index (χ2v) is 8.90. The van der Waals surface area contributed by atoms with E-state index in [0.29, 0.717) is 0 Å². The van der Waals surface area contributed by atoms with Crippen LogP contribution >= 0.6 is 0 Å². The summed E-state index contributed by atoms with van der Waals surface area (Å²) in [5, 5.41) is 16.4. The predicted molar refractivity (Wildman–Crippen MR) is 127 cm³/mol. The van der Waals surface area contributed by atoms with E-state index in [9.17, 15) is 23.1 Å². The third-order valence-corrected chi connectivity index (χ3v) is 6.06. The highest BCUT2D eigenvalue weighted by atomic mass is 19.4. The molecule has 36 heavy (non-hydrogen) atoms. The molecular weight excluding hydrogens is 475 g/mol. The summed E-state index contributed by atoms with van der Waals surface area (Å²) >= 11 is 0. The molecule has 1 aromatic carbocycles. The Hall–Kier alpha value is -3.77. The van der Waals surface area contributed by atoms with Crippen molar-refractivity contribution in [1.29, 1.82) is 0 Å². The Morgan fingerprint density at radius 3 is 2.69 bits per heavy atom. The highest BCUT2D eigenvalue weighted by Gasteiger charge is 2.40. The summed E-state index contributed by atoms with van der Waals surface area (Å²) in [6.45, 7) is 5.25. The van der Waals surface area contributed by atoms with Crippen molar-refractivity contribution in [1.82, 2.24) is 29.6 Å². The van der Waals surface area contributed by atoms with Crippen LogP contribution in [0.4, 0.5) is 24.8 Å². The summed E-state index contributed by atoms with van der Waals surface area (Å²) < 4.78 is 42.2. The van der Waals surface area contributed by atoms with Gasteiger partial charge in [-0.3, -0.25) is 9.78 Å². The zero-order valence-corrected chi connectivity index (χ0v) is 19.5. The maximum atomic E-state index is 13.2. The largest absolute Gasteiger partial charge is 0.420 e. The lowest BCUT2D eigenvalue weighted by atomic mass is 10.0. The van der Waals surface area contributed by atoms with Crippen LogP contribution in [0.1, 0.15) is 42.8 Å². The number of aliphatic hydroxyl groups excluding tert-OH is 1. The number of fused-ring (bicyclic) bond motifs is 2. The van der Waals surface area contributed by atoms with Crippen LogP contribution in [0.25, 0.3) is 16.7 Å². The molecule has 3 aromatic heterocycles. The average Bonchev–Trinajstić information content (AvgIpc) is 3.15. The highest BCUT2D eigenvalue weighted by molar-refractivity contribution is 5.77. The first-order valence-electron chi connectivity index (χ1n) is 11.4. The molecule has 9 nitrogen and oxygen atoms in total. The minimum Gasteiger partial charge on any atom is -0.378 e. The SMILES string of the molecule is CC(C)n1c(=O)c2cnc(Nc3ccc4c(c3)CCNC4)nc2n1-c1ccnc(C(O)C(F)(F)F)c1. The van der Waals surface area contributed by atoms with Gasteiger partial charge < -0.3 is 15.7 Å². The van der Waals surface area contributed by atoms with Crippen LogP contribution < -0.4 is 16.2 Å². The average molecular weight is 499 g/mol. The fraction of sp³-hybridized carbons (Fsp3) is 0.333. The fourth-order valence-electron chi connectivity index (χ4n) is 4.34. The van der Waals surface area contributed by atoms with Crippen LogP contribution in [0.3, 0.4) is 0 Å². The van der Waals surface area contributed by atoms with Gasteiger partial charge in [-0.1, -0.05) is 6.07 Å². The number of hydrogen-bond donors (Lipinski definition) is 3. The lowest BCUT2D eigenvalue weighted by molar-refractivity contribution is -0.207. The Balaban J connectivity index is 1.61. The maximum absolute atomic E-state index is 13.2. The molecule has 0 saturated carbocycles. The van der Waals surface area contributed by atoms with Crippen molar-refractivity contribution in [3.05, 3.63) is 69.9 Å². The third kappa shape index (κ3) is 4.33. The summed E-state index contributed by atoms with van der Waals surface area (Å²) in [5.41, 5.74) is 2.67. The molecule has 0 spiro atoms. The predicted octanol–water partition coefficient (Wildman–Crippen LogP) is 3.54. The van der Waals surface area contributed by atoms with Crippen molar-refractivity contribution in [2.45, 2.75) is 45.1 Å². The van der Waals surface area contributed by atoms with Crippen molar-refractivity contribution in [3.63, 3.8) is 0 Å². The fourth-order valence-corrected chi connectivity index (χ4v) is 4.34. The van der Waals surface area contributed by atoms with E-state index >= 15 is 0 Å². The van der Waals surface area contributed by atoms with Gasteiger partial charge >= 0.3 is 6.18 Å². The monoisotopic (exact) mass is 499 g/mol. The molecule has 5 rings (SSSR count). The summed E-state index contributed by atoms with van der Waals surface area (Å²) in [4.78, 5) is 25.7. The van der Waals surface area contributed by atoms with Gasteiger partial charge in [0.05, 0.1) is 11.4 Å². The van der Waals surface area contributed by atoms with E-state index in [1.807, 2.05) is 18.2 Å². The number of anilines is 2. The quantitative estimate of drug-likeness (QED) is 0.385. The molecule has 1 aliphatic heterocycles. The van der Waals surface area contributed by atoms with Gasteiger partial charge in [0.15, 0.2) is 11.8 Å². The van der Waals surface area contributed by atoms with Gasteiger partial charge in [0.25, 0.3) is 5.56 Å². The molecular formula is C24H24F3N7O2. The number of nitrogens with zero attached hydrogens (tertiary/aromatic N) is 5. The number of benzene rings is 1. The van der Waals surface area contributed by atoms with Gasteiger partial charge in [-0.05, 0) is 62.2 Å². The molecule has 0 fully saturated rings. The van der Waals surface area contributed by atoms with E-state index in [4.69, 9.17) is 0 Å². The van der Waals surface area contributed by atoms with Crippen LogP contribution in [0.2, 0.25) is 0 Å². The Morgan fingerprint density at radius 2 is 1.94 bits per heavy atom. The van der Waals surface area contributed by atoms with E-state index in [1.165, 1.54) is 32.8 Å². The molecule has 4 heterocycles. The molecule has 1 unspecified atom stereocenters. The number of rotatable bonds is 5. The van der Waals surface area contributed by atoms with Gasteiger partial charge in [-0.2, -0.15) is 18.2 Å². The van der Waals surface area contributed by atoms with E-state index in [1.54, 1.807) is 13.8 Å².